The van der Waals surface area contributed by atoms with Crippen molar-refractivity contribution in [1.29, 1.82) is 0 Å². The molecule has 4 rings (SSSR count). The zero-order chi connectivity index (χ0) is 20.2. The van der Waals surface area contributed by atoms with Gasteiger partial charge in [0.05, 0.1) is 6.10 Å². The molecule has 0 saturated heterocycles. The molecule has 1 unspecified atom stereocenters. The fourth-order valence-electron chi connectivity index (χ4n) is 5.35. The summed E-state index contributed by atoms with van der Waals surface area (Å²) in [6, 6.07) is 1.74. The largest absolute Gasteiger partial charge is 0.486 e. The van der Waals surface area contributed by atoms with Crippen LogP contribution in [0.5, 0.6) is 11.6 Å². The van der Waals surface area contributed by atoms with Gasteiger partial charge in [0.2, 0.25) is 5.88 Å². The predicted molar refractivity (Wildman–Crippen MR) is 114 cm³/mol. The van der Waals surface area contributed by atoms with Crippen molar-refractivity contribution >= 4 is 0 Å². The van der Waals surface area contributed by atoms with E-state index in [4.69, 9.17) is 9.47 Å². The minimum atomic E-state index is -0.554. The summed E-state index contributed by atoms with van der Waals surface area (Å²) in [5.41, 5.74) is 2.17. The molecular weight excluding hydrogens is 365 g/mol. The second kappa shape index (κ2) is 9.49. The SMILES string of the molecule is Cc1cc(OC2CCCC2)c(F)nc1OCC1=CCC(C2CCC(C)CC2)CC1. The first-order valence-electron chi connectivity index (χ1n) is 11.7. The summed E-state index contributed by atoms with van der Waals surface area (Å²) in [5.74, 6) is 2.78. The van der Waals surface area contributed by atoms with E-state index in [2.05, 4.69) is 18.0 Å². The number of pyridine rings is 1. The van der Waals surface area contributed by atoms with Crippen LogP contribution in [0.1, 0.15) is 83.1 Å². The van der Waals surface area contributed by atoms with Crippen LogP contribution >= 0.6 is 0 Å². The van der Waals surface area contributed by atoms with Gasteiger partial charge < -0.3 is 9.47 Å². The van der Waals surface area contributed by atoms with E-state index in [1.807, 2.05) is 6.92 Å². The van der Waals surface area contributed by atoms with E-state index in [9.17, 15) is 4.39 Å². The zero-order valence-electron chi connectivity index (χ0n) is 18.1. The lowest BCUT2D eigenvalue weighted by Gasteiger charge is -2.34. The second-order valence-corrected chi connectivity index (χ2v) is 9.63. The minimum absolute atomic E-state index is 0.130. The van der Waals surface area contributed by atoms with Gasteiger partial charge in [-0.15, -0.1) is 0 Å². The number of rotatable bonds is 6. The quantitative estimate of drug-likeness (QED) is 0.389. The average molecular weight is 402 g/mol. The third-order valence-corrected chi connectivity index (χ3v) is 7.35. The molecule has 3 aliphatic rings. The molecule has 3 nitrogen and oxygen atoms in total. The molecule has 0 spiro atoms. The number of aromatic nitrogens is 1. The fourth-order valence-corrected chi connectivity index (χ4v) is 5.35. The van der Waals surface area contributed by atoms with E-state index in [-0.39, 0.29) is 11.9 Å². The highest BCUT2D eigenvalue weighted by molar-refractivity contribution is 5.33. The van der Waals surface area contributed by atoms with E-state index >= 15 is 0 Å². The standard InChI is InChI=1S/C25H36FNO2/c1-17-7-11-20(12-8-17)21-13-9-19(10-14-21)16-28-25-18(2)15-23(24(26)27-25)29-22-5-3-4-6-22/h9,15,17,20-22H,3-8,10-14,16H2,1-2H3. The van der Waals surface area contributed by atoms with E-state index < -0.39 is 5.95 Å². The maximum atomic E-state index is 14.4. The highest BCUT2D eigenvalue weighted by Gasteiger charge is 2.27. The monoisotopic (exact) mass is 401 g/mol. The average Bonchev–Trinajstić information content (AvgIpc) is 3.24. The number of aryl methyl sites for hydroxylation is 1. The van der Waals surface area contributed by atoms with Crippen molar-refractivity contribution in [1.82, 2.24) is 4.98 Å². The zero-order valence-corrected chi connectivity index (χ0v) is 18.1. The third kappa shape index (κ3) is 5.32. The Morgan fingerprint density at radius 2 is 1.79 bits per heavy atom. The molecule has 2 saturated carbocycles. The number of hydrogen-bond donors (Lipinski definition) is 0. The molecular formula is C25H36FNO2. The van der Waals surface area contributed by atoms with Crippen LogP contribution in [0.2, 0.25) is 0 Å². The van der Waals surface area contributed by atoms with Gasteiger partial charge in [0.1, 0.15) is 6.61 Å². The van der Waals surface area contributed by atoms with Gasteiger partial charge in [0, 0.05) is 5.56 Å². The maximum Gasteiger partial charge on any atom is 0.258 e. The Balaban J connectivity index is 1.29. The van der Waals surface area contributed by atoms with Crippen molar-refractivity contribution in [2.24, 2.45) is 17.8 Å². The highest BCUT2D eigenvalue weighted by atomic mass is 19.1. The lowest BCUT2D eigenvalue weighted by Crippen LogP contribution is -2.23. The summed E-state index contributed by atoms with van der Waals surface area (Å²) in [5, 5.41) is 0. The molecule has 1 heterocycles. The second-order valence-electron chi connectivity index (χ2n) is 9.63. The van der Waals surface area contributed by atoms with Gasteiger partial charge in [-0.3, -0.25) is 0 Å². The fraction of sp³-hybridized carbons (Fsp3) is 0.720. The molecule has 0 radical (unpaired) electrons. The van der Waals surface area contributed by atoms with Crippen molar-refractivity contribution < 1.29 is 13.9 Å². The van der Waals surface area contributed by atoms with Gasteiger partial charge in [-0.05, 0) is 94.1 Å². The number of nitrogens with zero attached hydrogens (tertiary/aromatic N) is 1. The van der Waals surface area contributed by atoms with Crippen LogP contribution in [0.4, 0.5) is 4.39 Å². The molecule has 1 aromatic heterocycles. The van der Waals surface area contributed by atoms with Crippen LogP contribution in [-0.4, -0.2) is 17.7 Å². The van der Waals surface area contributed by atoms with Crippen LogP contribution < -0.4 is 9.47 Å². The molecule has 4 heteroatoms. The Kier molecular flexibility index (Phi) is 6.77. The lowest BCUT2D eigenvalue weighted by molar-refractivity contribution is 0.194. The molecule has 0 aromatic carbocycles. The molecule has 0 bridgehead atoms. The normalized spacial score (nSPS) is 28.2. The van der Waals surface area contributed by atoms with E-state index in [1.54, 1.807) is 6.07 Å². The summed E-state index contributed by atoms with van der Waals surface area (Å²) in [6.45, 7) is 4.82. The molecule has 2 fully saturated rings. The Bertz CT molecular complexity index is 718. The summed E-state index contributed by atoms with van der Waals surface area (Å²) < 4.78 is 26.1. The van der Waals surface area contributed by atoms with Crippen LogP contribution in [0.15, 0.2) is 17.7 Å². The Morgan fingerprint density at radius 3 is 2.48 bits per heavy atom. The molecule has 3 aliphatic carbocycles. The van der Waals surface area contributed by atoms with Gasteiger partial charge in [-0.25, -0.2) is 0 Å². The highest BCUT2D eigenvalue weighted by Crippen LogP contribution is 2.39. The topological polar surface area (TPSA) is 31.4 Å². The van der Waals surface area contributed by atoms with Crippen LogP contribution in [0, 0.1) is 30.6 Å². The summed E-state index contributed by atoms with van der Waals surface area (Å²) in [4.78, 5) is 4.05. The van der Waals surface area contributed by atoms with Gasteiger partial charge >= 0.3 is 0 Å². The summed E-state index contributed by atoms with van der Waals surface area (Å²) >= 11 is 0. The molecule has 0 aliphatic heterocycles. The summed E-state index contributed by atoms with van der Waals surface area (Å²) in [6.07, 6.45) is 16.0. The van der Waals surface area contributed by atoms with Crippen molar-refractivity contribution in [3.63, 3.8) is 0 Å². The first-order chi connectivity index (χ1) is 14.1. The van der Waals surface area contributed by atoms with Crippen LogP contribution in [0.25, 0.3) is 0 Å². The number of ether oxygens (including phenoxy) is 2. The van der Waals surface area contributed by atoms with Crippen molar-refractivity contribution in [3.05, 3.63) is 29.2 Å². The Labute approximate surface area is 175 Å². The smallest absolute Gasteiger partial charge is 0.258 e. The summed E-state index contributed by atoms with van der Waals surface area (Å²) in [7, 11) is 0. The maximum absolute atomic E-state index is 14.4. The van der Waals surface area contributed by atoms with Crippen molar-refractivity contribution in [3.8, 4) is 11.6 Å². The number of halogens is 1. The van der Waals surface area contributed by atoms with Gasteiger partial charge in [-0.2, -0.15) is 9.37 Å². The molecule has 29 heavy (non-hydrogen) atoms. The van der Waals surface area contributed by atoms with Crippen LogP contribution in [-0.2, 0) is 0 Å². The van der Waals surface area contributed by atoms with Gasteiger partial charge in [0.25, 0.3) is 5.95 Å². The van der Waals surface area contributed by atoms with Crippen molar-refractivity contribution in [2.45, 2.75) is 90.6 Å². The first-order valence-corrected chi connectivity index (χ1v) is 11.7. The van der Waals surface area contributed by atoms with E-state index in [1.165, 1.54) is 44.1 Å². The Hall–Kier alpha value is -1.58. The molecule has 0 N–H and O–H groups in total. The molecule has 0 amide bonds. The van der Waals surface area contributed by atoms with Crippen molar-refractivity contribution in [2.75, 3.05) is 6.61 Å². The lowest BCUT2D eigenvalue weighted by atomic mass is 9.72. The van der Waals surface area contributed by atoms with Gasteiger partial charge in [-0.1, -0.05) is 25.8 Å². The molecule has 1 aromatic rings. The first kappa shape index (κ1) is 20.7. The molecule has 1 atom stereocenters. The van der Waals surface area contributed by atoms with E-state index in [0.29, 0.717) is 12.5 Å². The van der Waals surface area contributed by atoms with Gasteiger partial charge in [0.15, 0.2) is 5.75 Å². The van der Waals surface area contributed by atoms with E-state index in [0.717, 1.165) is 55.4 Å². The third-order valence-electron chi connectivity index (χ3n) is 7.35. The Morgan fingerprint density at radius 1 is 1.03 bits per heavy atom. The number of allylic oxidation sites excluding steroid dienone is 1. The minimum Gasteiger partial charge on any atom is -0.486 e. The van der Waals surface area contributed by atoms with Crippen LogP contribution in [0.3, 0.4) is 0 Å². The number of hydrogen-bond acceptors (Lipinski definition) is 3. The molecule has 160 valence electrons. The predicted octanol–water partition coefficient (Wildman–Crippen LogP) is 6.78.